The molecule has 34 heavy (non-hydrogen) atoms. The molecule has 2 aliphatic heterocycles. The summed E-state index contributed by atoms with van der Waals surface area (Å²) in [5, 5.41) is 2.91. The van der Waals surface area contributed by atoms with Crippen LogP contribution < -0.4 is 14.8 Å². The summed E-state index contributed by atoms with van der Waals surface area (Å²) in [5.74, 6) is 1.11. The number of carbonyl (C=O) groups excluding carboxylic acids is 2. The highest BCUT2D eigenvalue weighted by Crippen LogP contribution is 2.33. The molecule has 1 unspecified atom stereocenters. The van der Waals surface area contributed by atoms with Gasteiger partial charge in [-0.25, -0.2) is 4.39 Å². The van der Waals surface area contributed by atoms with Crippen LogP contribution in [-0.4, -0.2) is 75.1 Å². The molecule has 0 saturated carbocycles. The van der Waals surface area contributed by atoms with Crippen molar-refractivity contribution in [2.45, 2.75) is 19.3 Å². The van der Waals surface area contributed by atoms with Gasteiger partial charge in [0.15, 0.2) is 11.5 Å². The van der Waals surface area contributed by atoms with Gasteiger partial charge in [0, 0.05) is 43.9 Å². The lowest BCUT2D eigenvalue weighted by atomic mass is 9.94. The minimum Gasteiger partial charge on any atom is -0.493 e. The second-order valence-corrected chi connectivity index (χ2v) is 8.94. The van der Waals surface area contributed by atoms with Crippen molar-refractivity contribution in [3.05, 3.63) is 58.9 Å². The molecule has 2 aromatic rings. The molecule has 7 nitrogen and oxygen atoms in total. The fourth-order valence-electron chi connectivity index (χ4n) is 4.87. The first-order valence-corrected chi connectivity index (χ1v) is 11.8. The smallest absolute Gasteiger partial charge is 0.254 e. The van der Waals surface area contributed by atoms with Crippen molar-refractivity contribution in [2.24, 2.45) is 5.92 Å². The zero-order valence-electron chi connectivity index (χ0n) is 19.8. The molecule has 0 aromatic heterocycles. The first-order valence-electron chi connectivity index (χ1n) is 11.8. The van der Waals surface area contributed by atoms with E-state index in [2.05, 4.69) is 10.2 Å². The average molecular weight is 470 g/mol. The van der Waals surface area contributed by atoms with Crippen molar-refractivity contribution >= 4 is 11.8 Å². The highest BCUT2D eigenvalue weighted by molar-refractivity contribution is 5.97. The van der Waals surface area contributed by atoms with Gasteiger partial charge in [0.05, 0.1) is 14.2 Å². The lowest BCUT2D eigenvalue weighted by Gasteiger charge is -2.37. The van der Waals surface area contributed by atoms with Crippen LogP contribution in [0.2, 0.25) is 0 Å². The highest BCUT2D eigenvalue weighted by Gasteiger charge is 2.30. The van der Waals surface area contributed by atoms with E-state index in [1.54, 1.807) is 20.3 Å². The SMILES string of the molecule is COc1cc2c(cc1OC)C(=O)N(CC1CCCN(CCNC(=O)c3ccc(F)cc3)C1)CC2. The van der Waals surface area contributed by atoms with E-state index in [9.17, 15) is 14.0 Å². The molecule has 0 bridgehead atoms. The normalized spacial score (nSPS) is 18.4. The Kier molecular flexibility index (Phi) is 7.67. The van der Waals surface area contributed by atoms with Crippen LogP contribution in [0.3, 0.4) is 0 Å². The number of nitrogens with zero attached hydrogens (tertiary/aromatic N) is 2. The second kappa shape index (κ2) is 10.9. The monoisotopic (exact) mass is 469 g/mol. The van der Waals surface area contributed by atoms with Crippen molar-refractivity contribution < 1.29 is 23.5 Å². The summed E-state index contributed by atoms with van der Waals surface area (Å²) in [7, 11) is 3.18. The van der Waals surface area contributed by atoms with Crippen molar-refractivity contribution in [1.82, 2.24) is 15.1 Å². The van der Waals surface area contributed by atoms with Gasteiger partial charge in [-0.05, 0) is 73.7 Å². The maximum atomic E-state index is 13.2. The Hall–Kier alpha value is -3.13. The van der Waals surface area contributed by atoms with Gasteiger partial charge in [-0.15, -0.1) is 0 Å². The molecule has 2 aliphatic rings. The summed E-state index contributed by atoms with van der Waals surface area (Å²) in [6.45, 7) is 4.58. The zero-order valence-corrected chi connectivity index (χ0v) is 19.8. The summed E-state index contributed by atoms with van der Waals surface area (Å²) in [4.78, 5) is 29.7. The van der Waals surface area contributed by atoms with E-state index >= 15 is 0 Å². The van der Waals surface area contributed by atoms with Crippen LogP contribution in [0.4, 0.5) is 4.39 Å². The standard InChI is InChI=1S/C26H32FN3O4/c1-33-23-14-20-9-12-30(26(32)22(20)15-24(23)34-2)17-18-4-3-11-29(16-18)13-10-28-25(31)19-5-7-21(27)8-6-19/h5-8,14-15,18H,3-4,9-13,16-17H2,1-2H3,(H,28,31). The van der Waals surface area contributed by atoms with E-state index in [4.69, 9.17) is 9.47 Å². The van der Waals surface area contributed by atoms with Crippen molar-refractivity contribution in [1.29, 1.82) is 0 Å². The fourth-order valence-corrected chi connectivity index (χ4v) is 4.87. The van der Waals surface area contributed by atoms with E-state index in [0.29, 0.717) is 41.6 Å². The van der Waals surface area contributed by atoms with Crippen molar-refractivity contribution in [2.75, 3.05) is 53.5 Å². The molecule has 2 aromatic carbocycles. The topological polar surface area (TPSA) is 71.1 Å². The Labute approximate surface area is 199 Å². The summed E-state index contributed by atoms with van der Waals surface area (Å²) in [6.07, 6.45) is 2.95. The Morgan fingerprint density at radius 1 is 1.12 bits per heavy atom. The molecule has 8 heteroatoms. The quantitative estimate of drug-likeness (QED) is 0.644. The van der Waals surface area contributed by atoms with Crippen LogP contribution in [0, 0.1) is 11.7 Å². The first-order chi connectivity index (χ1) is 16.5. The number of ether oxygens (including phenoxy) is 2. The Morgan fingerprint density at radius 2 is 1.85 bits per heavy atom. The molecule has 0 radical (unpaired) electrons. The predicted octanol–water partition coefficient (Wildman–Crippen LogP) is 2.98. The minimum absolute atomic E-state index is 0.0471. The predicted molar refractivity (Wildman–Crippen MR) is 127 cm³/mol. The number of halogens is 1. The summed E-state index contributed by atoms with van der Waals surface area (Å²) in [5.41, 5.74) is 2.15. The lowest BCUT2D eigenvalue weighted by Crippen LogP contribution is -2.46. The third kappa shape index (κ3) is 5.50. The maximum absolute atomic E-state index is 13.2. The third-order valence-electron chi connectivity index (χ3n) is 6.68. The summed E-state index contributed by atoms with van der Waals surface area (Å²) >= 11 is 0. The van der Waals surface area contributed by atoms with E-state index < -0.39 is 0 Å². The molecule has 182 valence electrons. The molecule has 1 N–H and O–H groups in total. The molecule has 1 saturated heterocycles. The summed E-state index contributed by atoms with van der Waals surface area (Å²) in [6, 6.07) is 9.25. The van der Waals surface area contributed by atoms with Gasteiger partial charge < -0.3 is 24.6 Å². The Balaban J connectivity index is 1.29. The van der Waals surface area contributed by atoms with Gasteiger partial charge >= 0.3 is 0 Å². The molecule has 2 amide bonds. The largest absolute Gasteiger partial charge is 0.493 e. The van der Waals surface area contributed by atoms with Gasteiger partial charge in [-0.3, -0.25) is 9.59 Å². The van der Waals surface area contributed by atoms with Gasteiger partial charge in [-0.2, -0.15) is 0 Å². The van der Waals surface area contributed by atoms with Crippen molar-refractivity contribution in [3.8, 4) is 11.5 Å². The molecule has 1 fully saturated rings. The van der Waals surface area contributed by atoms with E-state index in [0.717, 1.165) is 51.0 Å². The number of rotatable bonds is 8. The lowest BCUT2D eigenvalue weighted by molar-refractivity contribution is 0.0659. The molecule has 2 heterocycles. The number of piperidine rings is 1. The summed E-state index contributed by atoms with van der Waals surface area (Å²) < 4.78 is 23.8. The number of nitrogens with one attached hydrogen (secondary N) is 1. The van der Waals surface area contributed by atoms with Crippen LogP contribution >= 0.6 is 0 Å². The molecule has 0 spiro atoms. The third-order valence-corrected chi connectivity index (χ3v) is 6.68. The van der Waals surface area contributed by atoms with E-state index in [1.165, 1.54) is 24.3 Å². The minimum atomic E-state index is -0.356. The van der Waals surface area contributed by atoms with Crippen LogP contribution in [0.1, 0.15) is 39.1 Å². The van der Waals surface area contributed by atoms with E-state index in [1.807, 2.05) is 11.0 Å². The Bertz CT molecular complexity index is 1030. The first kappa shape index (κ1) is 24.0. The van der Waals surface area contributed by atoms with Gasteiger partial charge in [0.1, 0.15) is 5.82 Å². The number of likely N-dealkylation sites (tertiary alicyclic amines) is 1. The second-order valence-electron chi connectivity index (χ2n) is 8.94. The average Bonchev–Trinajstić information content (AvgIpc) is 2.85. The number of methoxy groups -OCH3 is 2. The van der Waals surface area contributed by atoms with Gasteiger partial charge in [0.2, 0.25) is 0 Å². The van der Waals surface area contributed by atoms with Crippen molar-refractivity contribution in [3.63, 3.8) is 0 Å². The highest BCUT2D eigenvalue weighted by atomic mass is 19.1. The van der Waals surface area contributed by atoms with E-state index in [-0.39, 0.29) is 17.6 Å². The molecular formula is C26H32FN3O4. The van der Waals surface area contributed by atoms with Crippen LogP contribution in [0.15, 0.2) is 36.4 Å². The molecule has 1 atom stereocenters. The number of benzene rings is 2. The number of hydrogen-bond donors (Lipinski definition) is 1. The fraction of sp³-hybridized carbons (Fsp3) is 0.462. The number of hydrogen-bond acceptors (Lipinski definition) is 5. The van der Waals surface area contributed by atoms with Crippen LogP contribution in [0.25, 0.3) is 0 Å². The zero-order chi connectivity index (χ0) is 24.1. The maximum Gasteiger partial charge on any atom is 0.254 e. The van der Waals surface area contributed by atoms with Crippen LogP contribution in [0.5, 0.6) is 11.5 Å². The van der Waals surface area contributed by atoms with Crippen LogP contribution in [-0.2, 0) is 6.42 Å². The molecule has 0 aliphatic carbocycles. The number of fused-ring (bicyclic) bond motifs is 1. The number of amides is 2. The molecular weight excluding hydrogens is 437 g/mol. The van der Waals surface area contributed by atoms with Gasteiger partial charge in [0.25, 0.3) is 11.8 Å². The number of carbonyl (C=O) groups is 2. The molecule has 4 rings (SSSR count). The van der Waals surface area contributed by atoms with Gasteiger partial charge in [-0.1, -0.05) is 0 Å². The Morgan fingerprint density at radius 3 is 2.59 bits per heavy atom.